The number of hydrogen-bond acceptors (Lipinski definition) is 5. The first-order chi connectivity index (χ1) is 13.2. The van der Waals surface area contributed by atoms with E-state index in [1.165, 1.54) is 23.5 Å². The summed E-state index contributed by atoms with van der Waals surface area (Å²) < 4.78 is 14.7. The standard InChI is InChI=1S/C19H14FN5OS/c20-15-3-1-13(2-4-15)9-16-11-23-19(27-16)24-18(26)14-5-6-22-17(10-14)25-8-7-21-12-25/h1-8,10-12H,9H2,(H,23,24,26). The molecule has 1 amide bonds. The van der Waals surface area contributed by atoms with Crippen molar-refractivity contribution in [3.63, 3.8) is 0 Å². The molecule has 3 aromatic heterocycles. The van der Waals surface area contributed by atoms with Crippen LogP contribution in [0.15, 0.2) is 67.5 Å². The molecule has 0 saturated heterocycles. The van der Waals surface area contributed by atoms with E-state index in [-0.39, 0.29) is 11.7 Å². The van der Waals surface area contributed by atoms with Crippen LogP contribution in [-0.4, -0.2) is 25.4 Å². The van der Waals surface area contributed by atoms with Gasteiger partial charge in [0.05, 0.1) is 0 Å². The van der Waals surface area contributed by atoms with Crippen LogP contribution in [0, 0.1) is 5.82 Å². The van der Waals surface area contributed by atoms with Crippen molar-refractivity contribution in [2.75, 3.05) is 5.32 Å². The largest absolute Gasteiger partial charge is 0.298 e. The number of benzene rings is 1. The minimum Gasteiger partial charge on any atom is -0.298 e. The van der Waals surface area contributed by atoms with Crippen molar-refractivity contribution < 1.29 is 9.18 Å². The molecule has 0 unspecified atom stereocenters. The highest BCUT2D eigenvalue weighted by molar-refractivity contribution is 7.15. The highest BCUT2D eigenvalue weighted by atomic mass is 32.1. The second-order valence-corrected chi connectivity index (χ2v) is 6.88. The normalized spacial score (nSPS) is 10.7. The number of carbonyl (C=O) groups is 1. The molecule has 0 saturated carbocycles. The molecule has 134 valence electrons. The average molecular weight is 379 g/mol. The van der Waals surface area contributed by atoms with Gasteiger partial charge in [-0.3, -0.25) is 14.7 Å². The first kappa shape index (κ1) is 17.0. The number of nitrogens with one attached hydrogen (secondary N) is 1. The van der Waals surface area contributed by atoms with E-state index in [4.69, 9.17) is 0 Å². The Labute approximate surface area is 158 Å². The molecule has 6 nitrogen and oxygen atoms in total. The maximum Gasteiger partial charge on any atom is 0.257 e. The van der Waals surface area contributed by atoms with Crippen LogP contribution in [-0.2, 0) is 6.42 Å². The number of halogens is 1. The van der Waals surface area contributed by atoms with Crippen molar-refractivity contribution >= 4 is 22.4 Å². The van der Waals surface area contributed by atoms with E-state index in [2.05, 4.69) is 20.3 Å². The summed E-state index contributed by atoms with van der Waals surface area (Å²) >= 11 is 1.39. The summed E-state index contributed by atoms with van der Waals surface area (Å²) in [6.07, 6.45) is 8.94. The van der Waals surface area contributed by atoms with Gasteiger partial charge >= 0.3 is 0 Å². The van der Waals surface area contributed by atoms with E-state index < -0.39 is 0 Å². The van der Waals surface area contributed by atoms with Gasteiger partial charge in [0.1, 0.15) is 18.0 Å². The summed E-state index contributed by atoms with van der Waals surface area (Å²) in [6, 6.07) is 9.66. The van der Waals surface area contributed by atoms with Crippen molar-refractivity contribution in [2.24, 2.45) is 0 Å². The molecule has 0 spiro atoms. The molecule has 0 bridgehead atoms. The lowest BCUT2D eigenvalue weighted by Gasteiger charge is -2.05. The van der Waals surface area contributed by atoms with Crippen molar-refractivity contribution in [3.05, 3.63) is 89.3 Å². The van der Waals surface area contributed by atoms with E-state index in [9.17, 15) is 9.18 Å². The predicted molar refractivity (Wildman–Crippen MR) is 101 cm³/mol. The van der Waals surface area contributed by atoms with Crippen molar-refractivity contribution in [2.45, 2.75) is 6.42 Å². The second kappa shape index (κ2) is 7.46. The third-order valence-electron chi connectivity index (χ3n) is 3.84. The molecule has 3 heterocycles. The average Bonchev–Trinajstić information content (AvgIpc) is 3.36. The minimum atomic E-state index is -0.263. The number of carbonyl (C=O) groups excluding carboxylic acids is 1. The molecule has 0 aliphatic heterocycles. The van der Waals surface area contributed by atoms with Gasteiger partial charge in [0, 0.05) is 41.6 Å². The van der Waals surface area contributed by atoms with Gasteiger partial charge in [0.25, 0.3) is 5.91 Å². The van der Waals surface area contributed by atoms with Crippen molar-refractivity contribution in [3.8, 4) is 5.82 Å². The SMILES string of the molecule is O=C(Nc1ncc(Cc2ccc(F)cc2)s1)c1ccnc(-n2ccnc2)c1. The van der Waals surface area contributed by atoms with Gasteiger partial charge in [-0.2, -0.15) is 0 Å². The number of pyridine rings is 1. The highest BCUT2D eigenvalue weighted by Crippen LogP contribution is 2.22. The highest BCUT2D eigenvalue weighted by Gasteiger charge is 2.11. The summed E-state index contributed by atoms with van der Waals surface area (Å²) in [5.74, 6) is 0.0844. The van der Waals surface area contributed by atoms with E-state index in [0.717, 1.165) is 10.4 Å². The fourth-order valence-electron chi connectivity index (χ4n) is 2.52. The van der Waals surface area contributed by atoms with Crippen LogP contribution in [0.4, 0.5) is 9.52 Å². The van der Waals surface area contributed by atoms with Crippen molar-refractivity contribution in [1.29, 1.82) is 0 Å². The lowest BCUT2D eigenvalue weighted by Crippen LogP contribution is -2.12. The molecule has 27 heavy (non-hydrogen) atoms. The van der Waals surface area contributed by atoms with Crippen LogP contribution in [0.1, 0.15) is 20.8 Å². The van der Waals surface area contributed by atoms with Gasteiger partial charge in [-0.25, -0.2) is 19.3 Å². The van der Waals surface area contributed by atoms with Gasteiger partial charge in [-0.1, -0.05) is 12.1 Å². The van der Waals surface area contributed by atoms with Crippen LogP contribution in [0.5, 0.6) is 0 Å². The topological polar surface area (TPSA) is 72.7 Å². The number of aromatic nitrogens is 4. The van der Waals surface area contributed by atoms with Crippen LogP contribution < -0.4 is 5.32 Å². The fourth-order valence-corrected chi connectivity index (χ4v) is 3.36. The Hall–Kier alpha value is -3.39. The molecule has 0 aliphatic rings. The zero-order valence-corrected chi connectivity index (χ0v) is 14.9. The van der Waals surface area contributed by atoms with Crippen LogP contribution in [0.2, 0.25) is 0 Å². The quantitative estimate of drug-likeness (QED) is 0.574. The summed E-state index contributed by atoms with van der Waals surface area (Å²) in [6.45, 7) is 0. The van der Waals surface area contributed by atoms with Crippen LogP contribution >= 0.6 is 11.3 Å². The fraction of sp³-hybridized carbons (Fsp3) is 0.0526. The monoisotopic (exact) mass is 379 g/mol. The van der Waals surface area contributed by atoms with Gasteiger partial charge in [-0.15, -0.1) is 11.3 Å². The number of rotatable bonds is 5. The zero-order valence-electron chi connectivity index (χ0n) is 14.0. The lowest BCUT2D eigenvalue weighted by atomic mass is 10.1. The predicted octanol–water partition coefficient (Wildman–Crippen LogP) is 3.71. The Morgan fingerprint density at radius 2 is 2.00 bits per heavy atom. The molecule has 1 N–H and O–H groups in total. The number of amides is 1. The molecular formula is C19H14FN5OS. The second-order valence-electron chi connectivity index (χ2n) is 5.76. The first-order valence-corrected chi connectivity index (χ1v) is 8.94. The summed E-state index contributed by atoms with van der Waals surface area (Å²) in [7, 11) is 0. The summed E-state index contributed by atoms with van der Waals surface area (Å²) in [5, 5.41) is 3.31. The van der Waals surface area contributed by atoms with Gasteiger partial charge in [0.2, 0.25) is 0 Å². The van der Waals surface area contributed by atoms with Gasteiger partial charge in [-0.05, 0) is 29.8 Å². The molecule has 0 radical (unpaired) electrons. The van der Waals surface area contributed by atoms with Crippen LogP contribution in [0.25, 0.3) is 5.82 Å². The lowest BCUT2D eigenvalue weighted by molar-refractivity contribution is 0.102. The summed E-state index contributed by atoms with van der Waals surface area (Å²) in [5.41, 5.74) is 1.46. The smallest absolute Gasteiger partial charge is 0.257 e. The Morgan fingerprint density at radius 1 is 1.15 bits per heavy atom. The molecule has 4 aromatic rings. The molecule has 4 rings (SSSR count). The summed E-state index contributed by atoms with van der Waals surface area (Å²) in [4.78, 5) is 25.9. The van der Waals surface area contributed by atoms with E-state index in [1.54, 1.807) is 59.9 Å². The molecule has 0 aliphatic carbocycles. The third-order valence-corrected chi connectivity index (χ3v) is 4.76. The van der Waals surface area contributed by atoms with E-state index in [0.29, 0.717) is 22.9 Å². The van der Waals surface area contributed by atoms with Gasteiger partial charge in [0.15, 0.2) is 5.13 Å². The Kier molecular flexibility index (Phi) is 4.71. The Bertz CT molecular complexity index is 1060. The number of thiazole rings is 1. The maximum atomic E-state index is 13.0. The Balaban J connectivity index is 1.45. The Morgan fingerprint density at radius 3 is 2.78 bits per heavy atom. The molecule has 0 atom stereocenters. The van der Waals surface area contributed by atoms with Crippen LogP contribution in [0.3, 0.4) is 0 Å². The number of imidazole rings is 1. The first-order valence-electron chi connectivity index (χ1n) is 8.12. The zero-order chi connectivity index (χ0) is 18.6. The number of hydrogen-bond donors (Lipinski definition) is 1. The molecule has 8 heteroatoms. The number of anilines is 1. The third kappa shape index (κ3) is 4.06. The molecular weight excluding hydrogens is 365 g/mol. The van der Waals surface area contributed by atoms with E-state index >= 15 is 0 Å². The van der Waals surface area contributed by atoms with Gasteiger partial charge < -0.3 is 0 Å². The molecule has 1 aromatic carbocycles. The van der Waals surface area contributed by atoms with E-state index in [1.807, 2.05) is 0 Å². The molecule has 0 fully saturated rings. The number of nitrogens with zero attached hydrogens (tertiary/aromatic N) is 4. The maximum absolute atomic E-state index is 13.0. The van der Waals surface area contributed by atoms with Crippen molar-refractivity contribution in [1.82, 2.24) is 19.5 Å². The minimum absolute atomic E-state index is 0.261.